The number of benzene rings is 1. The van der Waals surface area contributed by atoms with Gasteiger partial charge in [0.15, 0.2) is 0 Å². The van der Waals surface area contributed by atoms with E-state index in [1.165, 1.54) is 15.9 Å². The van der Waals surface area contributed by atoms with Crippen LogP contribution >= 0.6 is 11.3 Å². The molecule has 0 amide bonds. The molecular formula is C18H23N5O2S. The summed E-state index contributed by atoms with van der Waals surface area (Å²) in [6.45, 7) is 5.66. The second kappa shape index (κ2) is 6.86. The highest BCUT2D eigenvalue weighted by molar-refractivity contribution is 7.17. The molecule has 0 saturated carbocycles. The number of hydrogen-bond acceptors (Lipinski definition) is 7. The van der Waals surface area contributed by atoms with Crippen molar-refractivity contribution < 1.29 is 9.84 Å². The second-order valence-electron chi connectivity index (χ2n) is 6.63. The molecule has 26 heavy (non-hydrogen) atoms. The second-order valence-corrected chi connectivity index (χ2v) is 7.64. The third-order valence-corrected chi connectivity index (χ3v) is 5.96. The molecule has 8 heteroatoms. The third kappa shape index (κ3) is 2.94. The van der Waals surface area contributed by atoms with Gasteiger partial charge in [0, 0.05) is 31.7 Å². The van der Waals surface area contributed by atoms with Gasteiger partial charge in [0.25, 0.3) is 0 Å². The Kier molecular flexibility index (Phi) is 4.56. The molecule has 138 valence electrons. The van der Waals surface area contributed by atoms with Crippen LogP contribution in [0.5, 0.6) is 11.6 Å². The average Bonchev–Trinajstić information content (AvgIpc) is 3.15. The molecule has 1 fully saturated rings. The van der Waals surface area contributed by atoms with E-state index >= 15 is 0 Å². The van der Waals surface area contributed by atoms with Crippen LogP contribution in [0.4, 0.5) is 0 Å². The van der Waals surface area contributed by atoms with Crippen LogP contribution in [0, 0.1) is 6.92 Å². The van der Waals surface area contributed by atoms with Crippen molar-refractivity contribution in [2.75, 3.05) is 40.3 Å². The molecule has 4 rings (SSSR count). The molecule has 1 N–H and O–H groups in total. The summed E-state index contributed by atoms with van der Waals surface area (Å²) in [6, 6.07) is 7.93. The van der Waals surface area contributed by atoms with Crippen LogP contribution in [0.2, 0.25) is 0 Å². The Morgan fingerprint density at radius 3 is 2.62 bits per heavy atom. The highest BCUT2D eigenvalue weighted by Gasteiger charge is 2.32. The first-order valence-corrected chi connectivity index (χ1v) is 9.50. The van der Waals surface area contributed by atoms with Gasteiger partial charge in [0.1, 0.15) is 11.6 Å². The maximum absolute atomic E-state index is 10.9. The van der Waals surface area contributed by atoms with Crippen molar-refractivity contribution in [2.45, 2.75) is 13.0 Å². The molecule has 1 aromatic carbocycles. The quantitative estimate of drug-likeness (QED) is 0.756. The Balaban J connectivity index is 1.84. The van der Waals surface area contributed by atoms with Gasteiger partial charge in [-0.25, -0.2) is 4.98 Å². The van der Waals surface area contributed by atoms with E-state index in [1.54, 1.807) is 7.11 Å². The summed E-state index contributed by atoms with van der Waals surface area (Å²) in [5.74, 6) is 1.65. The smallest absolute Gasteiger partial charge is 0.230 e. The maximum Gasteiger partial charge on any atom is 0.230 e. The van der Waals surface area contributed by atoms with Gasteiger partial charge in [-0.05, 0) is 20.0 Å². The molecule has 1 saturated heterocycles. The first-order chi connectivity index (χ1) is 12.6. The fraction of sp³-hybridized carbons (Fsp3) is 0.444. The molecule has 0 spiro atoms. The minimum Gasteiger partial charge on any atom is -0.496 e. The zero-order chi connectivity index (χ0) is 18.3. The summed E-state index contributed by atoms with van der Waals surface area (Å²) in [4.78, 5) is 10.7. The Morgan fingerprint density at radius 2 is 1.92 bits per heavy atom. The van der Waals surface area contributed by atoms with Gasteiger partial charge in [0.05, 0.1) is 18.0 Å². The van der Waals surface area contributed by atoms with Crippen molar-refractivity contribution in [3.05, 3.63) is 40.5 Å². The molecule has 0 aliphatic carbocycles. The number of methoxy groups -OCH3 is 1. The van der Waals surface area contributed by atoms with E-state index in [0.717, 1.165) is 42.4 Å². The van der Waals surface area contributed by atoms with Crippen molar-refractivity contribution in [2.24, 2.45) is 0 Å². The van der Waals surface area contributed by atoms with Crippen LogP contribution in [0.1, 0.15) is 22.3 Å². The van der Waals surface area contributed by atoms with Gasteiger partial charge in [0.2, 0.25) is 10.8 Å². The third-order valence-electron chi connectivity index (χ3n) is 4.89. The predicted octanol–water partition coefficient (Wildman–Crippen LogP) is 2.15. The van der Waals surface area contributed by atoms with E-state index in [1.807, 2.05) is 25.1 Å². The Hall–Kier alpha value is -2.16. The number of nitrogens with zero attached hydrogens (tertiary/aromatic N) is 5. The number of aryl methyl sites for hydroxylation is 1. The summed E-state index contributed by atoms with van der Waals surface area (Å²) >= 11 is 1.49. The van der Waals surface area contributed by atoms with Crippen LogP contribution in [-0.2, 0) is 0 Å². The monoisotopic (exact) mass is 373 g/mol. The number of aromatic hydroxyl groups is 1. The van der Waals surface area contributed by atoms with Crippen molar-refractivity contribution in [3.8, 4) is 11.6 Å². The fourth-order valence-corrected chi connectivity index (χ4v) is 4.66. The maximum atomic E-state index is 10.9. The first-order valence-electron chi connectivity index (χ1n) is 8.69. The van der Waals surface area contributed by atoms with Crippen molar-refractivity contribution in [1.29, 1.82) is 0 Å². The molecule has 7 nitrogen and oxygen atoms in total. The number of hydrogen-bond donors (Lipinski definition) is 1. The Labute approximate surface area is 156 Å². The van der Waals surface area contributed by atoms with Crippen LogP contribution in [0.3, 0.4) is 0 Å². The van der Waals surface area contributed by atoms with Crippen molar-refractivity contribution in [3.63, 3.8) is 0 Å². The highest BCUT2D eigenvalue weighted by Crippen LogP contribution is 2.42. The molecule has 1 atom stereocenters. The minimum absolute atomic E-state index is 0.0892. The number of piperazine rings is 1. The lowest BCUT2D eigenvalue weighted by Gasteiger charge is -2.38. The van der Waals surface area contributed by atoms with Gasteiger partial charge < -0.3 is 14.7 Å². The fourth-order valence-electron chi connectivity index (χ4n) is 3.50. The van der Waals surface area contributed by atoms with E-state index in [4.69, 9.17) is 4.74 Å². The zero-order valence-corrected chi connectivity index (χ0v) is 16.0. The lowest BCUT2D eigenvalue weighted by atomic mass is 10.0. The molecular weight excluding hydrogens is 350 g/mol. The normalized spacial score (nSPS) is 17.7. The van der Waals surface area contributed by atoms with Gasteiger partial charge in [-0.2, -0.15) is 4.52 Å². The van der Waals surface area contributed by atoms with E-state index in [0.29, 0.717) is 10.8 Å². The Morgan fingerprint density at radius 1 is 1.19 bits per heavy atom. The van der Waals surface area contributed by atoms with Crippen LogP contribution in [0.25, 0.3) is 4.96 Å². The number of likely N-dealkylation sites (N-methyl/N-ethyl adjacent to an activating group) is 1. The molecule has 1 aliphatic rings. The van der Waals surface area contributed by atoms with Gasteiger partial charge in [-0.3, -0.25) is 4.90 Å². The summed E-state index contributed by atoms with van der Waals surface area (Å²) < 4.78 is 7.16. The van der Waals surface area contributed by atoms with E-state index in [2.05, 4.69) is 33.0 Å². The summed E-state index contributed by atoms with van der Waals surface area (Å²) in [7, 11) is 3.82. The summed E-state index contributed by atoms with van der Waals surface area (Å²) in [6.07, 6.45) is 0. The largest absolute Gasteiger partial charge is 0.496 e. The predicted molar refractivity (Wildman–Crippen MR) is 101 cm³/mol. The van der Waals surface area contributed by atoms with E-state index < -0.39 is 0 Å². The number of ether oxygens (including phenoxy) is 1. The van der Waals surface area contributed by atoms with Gasteiger partial charge in [-0.15, -0.1) is 5.10 Å². The first kappa shape index (κ1) is 17.3. The van der Waals surface area contributed by atoms with E-state index in [-0.39, 0.29) is 11.9 Å². The Bertz CT molecular complexity index is 914. The lowest BCUT2D eigenvalue weighted by Crippen LogP contribution is -2.46. The highest BCUT2D eigenvalue weighted by atomic mass is 32.1. The molecule has 3 heterocycles. The molecule has 1 aliphatic heterocycles. The number of thiazole rings is 1. The summed E-state index contributed by atoms with van der Waals surface area (Å²) in [5.41, 5.74) is 1.05. The van der Waals surface area contributed by atoms with Crippen LogP contribution in [0.15, 0.2) is 24.3 Å². The average molecular weight is 373 g/mol. The number of fused-ring (bicyclic) bond motifs is 1. The number of rotatable bonds is 4. The number of para-hydroxylation sites is 1. The lowest BCUT2D eigenvalue weighted by molar-refractivity contribution is 0.126. The summed E-state index contributed by atoms with van der Waals surface area (Å²) in [5, 5.41) is 15.2. The van der Waals surface area contributed by atoms with Gasteiger partial charge >= 0.3 is 0 Å². The van der Waals surface area contributed by atoms with Crippen molar-refractivity contribution >= 4 is 16.3 Å². The minimum atomic E-state index is -0.0892. The molecule has 0 bridgehead atoms. The van der Waals surface area contributed by atoms with Crippen LogP contribution < -0.4 is 4.74 Å². The van der Waals surface area contributed by atoms with E-state index in [9.17, 15) is 5.11 Å². The molecule has 0 unspecified atom stereocenters. The topological polar surface area (TPSA) is 66.1 Å². The standard InChI is InChI=1S/C18H23N5O2S/c1-12-19-18-23(20-12)17(24)16(26-18)15(22-10-8-21(2)9-11-22)13-6-4-5-7-14(13)25-3/h4-7,15,24H,8-11H2,1-3H3/t15-/m0/s1. The SMILES string of the molecule is COc1ccccc1[C@@H](c1sc2nc(C)nn2c1O)N1CCN(C)CC1. The van der Waals surface area contributed by atoms with Gasteiger partial charge in [-0.1, -0.05) is 29.5 Å². The number of aromatic nitrogens is 3. The molecule has 3 aromatic rings. The molecule has 2 aromatic heterocycles. The zero-order valence-electron chi connectivity index (χ0n) is 15.2. The van der Waals surface area contributed by atoms with Crippen molar-refractivity contribution in [1.82, 2.24) is 24.4 Å². The van der Waals surface area contributed by atoms with Crippen LogP contribution in [-0.4, -0.2) is 69.8 Å². The molecule has 0 radical (unpaired) electrons.